The van der Waals surface area contributed by atoms with Crippen molar-refractivity contribution in [2.45, 2.75) is 31.8 Å². The molecule has 1 heterocycles. The van der Waals surface area contributed by atoms with E-state index in [1.165, 1.54) is 0 Å². The molecule has 1 unspecified atom stereocenters. The quantitative estimate of drug-likeness (QED) is 0.429. The number of benzene rings is 1. The van der Waals surface area contributed by atoms with Crippen LogP contribution in [-0.2, 0) is 14.3 Å². The van der Waals surface area contributed by atoms with E-state index in [0.717, 1.165) is 28.6 Å². The van der Waals surface area contributed by atoms with Gasteiger partial charge in [0, 0.05) is 23.3 Å². The minimum atomic E-state index is -0.330. The fraction of sp³-hybridized carbons (Fsp3) is 0.444. The van der Waals surface area contributed by atoms with Gasteiger partial charge in [0.05, 0.1) is 18.2 Å². The molecule has 3 rings (SSSR count). The Morgan fingerprint density at radius 3 is 2.60 bits per heavy atom. The molecule has 0 radical (unpaired) electrons. The topological polar surface area (TPSA) is 50.8 Å². The Labute approximate surface area is 161 Å². The lowest BCUT2D eigenvalue weighted by Crippen LogP contribution is -2.48. The first-order chi connectivity index (χ1) is 12.0. The molecule has 1 aromatic rings. The molecule has 1 aliphatic carbocycles. The highest BCUT2D eigenvalue weighted by atomic mass is 79.9. The van der Waals surface area contributed by atoms with Gasteiger partial charge in [0.2, 0.25) is 0 Å². The van der Waals surface area contributed by atoms with Crippen molar-refractivity contribution in [2.24, 2.45) is 0 Å². The lowest BCUT2D eigenvalue weighted by Gasteiger charge is -2.37. The van der Waals surface area contributed by atoms with Crippen LogP contribution >= 0.6 is 28.1 Å². The average Bonchev–Trinajstić information content (AvgIpc) is 3.40. The summed E-state index contributed by atoms with van der Waals surface area (Å²) < 4.78 is 11.4. The van der Waals surface area contributed by atoms with Crippen molar-refractivity contribution < 1.29 is 14.3 Å². The third kappa shape index (κ3) is 4.04. The third-order valence-corrected chi connectivity index (χ3v) is 5.23. The maximum absolute atomic E-state index is 12.8. The molecular weight excluding hydrogens is 404 g/mol. The Morgan fingerprint density at radius 2 is 2.00 bits per heavy atom. The van der Waals surface area contributed by atoms with Crippen LogP contribution in [0.15, 0.2) is 40.0 Å². The maximum Gasteiger partial charge on any atom is 0.338 e. The van der Waals surface area contributed by atoms with Crippen molar-refractivity contribution >= 4 is 39.2 Å². The number of allylic oxidation sites excluding steroid dienone is 1. The zero-order valence-electron chi connectivity index (χ0n) is 14.3. The lowest BCUT2D eigenvalue weighted by molar-refractivity contribution is -0.140. The average molecular weight is 425 g/mol. The lowest BCUT2D eigenvalue weighted by atomic mass is 9.95. The molecule has 25 heavy (non-hydrogen) atoms. The summed E-state index contributed by atoms with van der Waals surface area (Å²) in [5, 5.41) is 4.00. The van der Waals surface area contributed by atoms with Crippen LogP contribution in [0.4, 0.5) is 0 Å². The van der Waals surface area contributed by atoms with Crippen LogP contribution < -0.4 is 5.32 Å². The van der Waals surface area contributed by atoms with E-state index in [1.807, 2.05) is 31.2 Å². The summed E-state index contributed by atoms with van der Waals surface area (Å²) >= 11 is 9.01. The second kappa shape index (κ2) is 7.85. The molecule has 0 saturated heterocycles. The van der Waals surface area contributed by atoms with Gasteiger partial charge >= 0.3 is 5.97 Å². The minimum Gasteiger partial charge on any atom is -0.460 e. The van der Waals surface area contributed by atoms with Crippen molar-refractivity contribution in [2.75, 3.05) is 20.3 Å². The largest absolute Gasteiger partial charge is 0.460 e. The molecule has 1 aromatic carbocycles. The molecule has 5 nitrogen and oxygen atoms in total. The first-order valence-corrected chi connectivity index (χ1v) is 9.45. The van der Waals surface area contributed by atoms with Crippen LogP contribution in [0.25, 0.3) is 0 Å². The van der Waals surface area contributed by atoms with Crippen LogP contribution in [0.3, 0.4) is 0 Å². The second-order valence-corrected chi connectivity index (χ2v) is 7.47. The Bertz CT molecular complexity index is 701. The zero-order chi connectivity index (χ0) is 18.0. The van der Waals surface area contributed by atoms with Gasteiger partial charge in [0.25, 0.3) is 0 Å². The Hall–Kier alpha value is -1.44. The van der Waals surface area contributed by atoms with Gasteiger partial charge in [-0.15, -0.1) is 0 Å². The van der Waals surface area contributed by atoms with E-state index in [0.29, 0.717) is 23.3 Å². The predicted molar refractivity (Wildman–Crippen MR) is 103 cm³/mol. The van der Waals surface area contributed by atoms with E-state index < -0.39 is 0 Å². The number of rotatable bonds is 6. The first kappa shape index (κ1) is 18.4. The summed E-state index contributed by atoms with van der Waals surface area (Å²) in [6.07, 6.45) is 2.18. The molecule has 1 saturated carbocycles. The number of nitrogens with one attached hydrogen (secondary N) is 1. The SMILES string of the molecule is COCCOC(=O)C1=C(C)N(C2CC2)C(=S)NC1c1ccc(Br)cc1. The number of methoxy groups -OCH3 is 1. The van der Waals surface area contributed by atoms with Crippen LogP contribution in [0.5, 0.6) is 0 Å². The number of carbonyl (C=O) groups is 1. The number of esters is 1. The third-order valence-electron chi connectivity index (χ3n) is 4.38. The van der Waals surface area contributed by atoms with Gasteiger partial charge in [0.15, 0.2) is 5.11 Å². The van der Waals surface area contributed by atoms with Gasteiger partial charge in [-0.3, -0.25) is 0 Å². The molecule has 0 amide bonds. The van der Waals surface area contributed by atoms with Gasteiger partial charge in [0.1, 0.15) is 6.61 Å². The number of hydrogen-bond donors (Lipinski definition) is 1. The summed E-state index contributed by atoms with van der Waals surface area (Å²) in [5.74, 6) is -0.330. The summed E-state index contributed by atoms with van der Waals surface area (Å²) in [5.41, 5.74) is 2.46. The predicted octanol–water partition coefficient (Wildman–Crippen LogP) is 3.31. The highest BCUT2D eigenvalue weighted by Crippen LogP contribution is 2.38. The number of halogens is 1. The molecule has 2 aliphatic rings. The van der Waals surface area contributed by atoms with E-state index in [2.05, 4.69) is 26.1 Å². The van der Waals surface area contributed by atoms with Crippen LogP contribution in [-0.4, -0.2) is 42.3 Å². The smallest absolute Gasteiger partial charge is 0.338 e. The summed E-state index contributed by atoms with van der Waals surface area (Å²) in [4.78, 5) is 14.8. The number of hydrogen-bond acceptors (Lipinski definition) is 4. The van der Waals surface area contributed by atoms with Crippen molar-refractivity contribution in [1.29, 1.82) is 0 Å². The van der Waals surface area contributed by atoms with Crippen molar-refractivity contribution in [3.05, 3.63) is 45.6 Å². The standard InChI is InChI=1S/C18H21BrN2O3S/c1-11-15(17(22)24-10-9-23-2)16(12-3-5-13(19)6-4-12)20-18(25)21(11)14-7-8-14/h3-6,14,16H,7-10H2,1-2H3,(H,20,25). The molecule has 7 heteroatoms. The number of ether oxygens (including phenoxy) is 2. The Balaban J connectivity index is 1.95. The maximum atomic E-state index is 12.8. The molecule has 1 atom stereocenters. The second-order valence-electron chi connectivity index (χ2n) is 6.16. The molecule has 0 spiro atoms. The molecule has 0 bridgehead atoms. The highest BCUT2D eigenvalue weighted by Gasteiger charge is 2.40. The molecule has 1 aliphatic heterocycles. The number of thiocarbonyl (C=S) groups is 1. The van der Waals surface area contributed by atoms with Crippen LogP contribution in [0.1, 0.15) is 31.4 Å². The van der Waals surface area contributed by atoms with Crippen molar-refractivity contribution in [3.8, 4) is 0 Å². The number of nitrogens with zero attached hydrogens (tertiary/aromatic N) is 1. The van der Waals surface area contributed by atoms with E-state index in [1.54, 1.807) is 7.11 Å². The van der Waals surface area contributed by atoms with E-state index in [-0.39, 0.29) is 18.6 Å². The monoisotopic (exact) mass is 424 g/mol. The molecule has 1 N–H and O–H groups in total. The molecular formula is C18H21BrN2O3S. The van der Waals surface area contributed by atoms with Gasteiger partial charge in [-0.25, -0.2) is 4.79 Å². The van der Waals surface area contributed by atoms with E-state index >= 15 is 0 Å². The van der Waals surface area contributed by atoms with Gasteiger partial charge in [-0.05, 0) is 49.7 Å². The number of carbonyl (C=O) groups excluding carboxylic acids is 1. The molecule has 1 fully saturated rings. The molecule has 134 valence electrons. The summed E-state index contributed by atoms with van der Waals surface area (Å²) in [6, 6.07) is 7.94. The van der Waals surface area contributed by atoms with Gasteiger partial charge in [-0.2, -0.15) is 0 Å². The summed E-state index contributed by atoms with van der Waals surface area (Å²) in [6.45, 7) is 2.55. The first-order valence-electron chi connectivity index (χ1n) is 8.25. The van der Waals surface area contributed by atoms with Gasteiger partial charge in [-0.1, -0.05) is 28.1 Å². The summed E-state index contributed by atoms with van der Waals surface area (Å²) in [7, 11) is 1.58. The van der Waals surface area contributed by atoms with Crippen LogP contribution in [0.2, 0.25) is 0 Å². The van der Waals surface area contributed by atoms with E-state index in [9.17, 15) is 4.79 Å². The Kier molecular flexibility index (Phi) is 5.76. The zero-order valence-corrected chi connectivity index (χ0v) is 16.7. The van der Waals surface area contributed by atoms with E-state index in [4.69, 9.17) is 21.7 Å². The Morgan fingerprint density at radius 1 is 1.32 bits per heavy atom. The molecule has 0 aromatic heterocycles. The minimum absolute atomic E-state index is 0.229. The fourth-order valence-corrected chi connectivity index (χ4v) is 3.66. The normalized spacial score (nSPS) is 20.5. The van der Waals surface area contributed by atoms with Crippen molar-refractivity contribution in [3.63, 3.8) is 0 Å². The van der Waals surface area contributed by atoms with Crippen LogP contribution in [0, 0.1) is 0 Å². The van der Waals surface area contributed by atoms with Gasteiger partial charge < -0.3 is 19.7 Å². The highest BCUT2D eigenvalue weighted by molar-refractivity contribution is 9.10. The van der Waals surface area contributed by atoms with Crippen molar-refractivity contribution in [1.82, 2.24) is 10.2 Å². The fourth-order valence-electron chi connectivity index (χ4n) is 2.99.